The Bertz CT molecular complexity index is 593. The first-order valence-electron chi connectivity index (χ1n) is 10.3. The molecule has 1 aliphatic rings. The molecule has 0 saturated carbocycles. The van der Waals surface area contributed by atoms with Gasteiger partial charge >= 0.3 is 5.97 Å². The Hall–Kier alpha value is -0.776. The normalized spacial score (nSPS) is 16.7. The molecule has 1 saturated heterocycles. The van der Waals surface area contributed by atoms with Gasteiger partial charge in [0.05, 0.1) is 0 Å². The van der Waals surface area contributed by atoms with Gasteiger partial charge in [-0.25, -0.2) is 4.79 Å². The number of hydrogen-bond acceptors (Lipinski definition) is 3. The van der Waals surface area contributed by atoms with E-state index >= 15 is 0 Å². The number of carbonyl (C=O) groups excluding carboxylic acids is 2. The Morgan fingerprint density at radius 3 is 2.31 bits per heavy atom. The molecular weight excluding hydrogens is 441 g/mol. The number of carbonyl (C=O) groups is 2. The van der Waals surface area contributed by atoms with Crippen LogP contribution in [0.25, 0.3) is 5.73 Å². The van der Waals surface area contributed by atoms with Crippen molar-refractivity contribution in [2.75, 3.05) is 6.54 Å². The molecule has 1 aliphatic heterocycles. The van der Waals surface area contributed by atoms with Crippen LogP contribution in [0.1, 0.15) is 59.4 Å². The van der Waals surface area contributed by atoms with Crippen molar-refractivity contribution in [2.24, 2.45) is 11.8 Å². The second-order valence-corrected chi connectivity index (χ2v) is 8.04. The predicted molar refractivity (Wildman–Crippen MR) is 113 cm³/mol. The fourth-order valence-electron chi connectivity index (χ4n) is 2.87. The minimum absolute atomic E-state index is 0. The number of ether oxygens (including phenoxy) is 1. The number of amides is 1. The Labute approximate surface area is 202 Å². The maximum atomic E-state index is 12.4. The molecule has 2 rings (SSSR count). The van der Waals surface area contributed by atoms with Crippen LogP contribution in [0.2, 0.25) is 0 Å². The third-order valence-corrected chi connectivity index (χ3v) is 4.70. The van der Waals surface area contributed by atoms with Crippen LogP contribution < -0.4 is 0 Å². The van der Waals surface area contributed by atoms with Gasteiger partial charge in [0, 0.05) is 39.3 Å². The minimum Gasteiger partial charge on any atom is -0.667 e. The van der Waals surface area contributed by atoms with Crippen LogP contribution in [0.3, 0.4) is 0 Å². The third-order valence-electron chi connectivity index (χ3n) is 4.70. The molecule has 0 spiro atoms. The van der Waals surface area contributed by atoms with Gasteiger partial charge in [-0.05, 0) is 24.3 Å². The van der Waals surface area contributed by atoms with Crippen LogP contribution in [0.5, 0.6) is 0 Å². The van der Waals surface area contributed by atoms with Crippen molar-refractivity contribution >= 4 is 11.9 Å². The topological polar surface area (TPSA) is 70.4 Å². The molecule has 1 amide bonds. The molecule has 0 aromatic heterocycles. The summed E-state index contributed by atoms with van der Waals surface area (Å²) in [7, 11) is 0. The van der Waals surface area contributed by atoms with Crippen molar-refractivity contribution in [2.45, 2.75) is 72.6 Å². The predicted octanol–water partition coefficient (Wildman–Crippen LogP) is 5.05. The Kier molecular flexibility index (Phi) is 14.7. The molecule has 5 nitrogen and oxygen atoms in total. The first-order valence-corrected chi connectivity index (χ1v) is 10.3. The second-order valence-electron chi connectivity index (χ2n) is 8.04. The maximum absolute atomic E-state index is 12.4. The summed E-state index contributed by atoms with van der Waals surface area (Å²) < 4.78 is 5.36. The number of nitrogens with one attached hydrogen (secondary N) is 1. The van der Waals surface area contributed by atoms with Crippen molar-refractivity contribution in [3.8, 4) is 0 Å². The van der Waals surface area contributed by atoms with Gasteiger partial charge in [0.2, 0.25) is 5.91 Å². The molecule has 1 aromatic carbocycles. The zero-order valence-corrected chi connectivity index (χ0v) is 21.4. The summed E-state index contributed by atoms with van der Waals surface area (Å²) in [6.07, 6.45) is 4.08. The maximum Gasteiger partial charge on any atom is 0.329 e. The van der Waals surface area contributed by atoms with E-state index in [1.165, 1.54) is 4.90 Å². The van der Waals surface area contributed by atoms with Crippen LogP contribution in [0.15, 0.2) is 30.3 Å². The molecule has 1 aromatic rings. The molecule has 0 unspecified atom stereocenters. The fraction of sp³-hybridized carbons (Fsp3) is 0.609. The summed E-state index contributed by atoms with van der Waals surface area (Å²) in [6, 6.07) is 8.16. The van der Waals surface area contributed by atoms with E-state index in [4.69, 9.17) is 10.5 Å². The molecule has 0 aliphatic carbocycles. The number of nitrogens with zero attached hydrogens (tertiary/aromatic N) is 1. The van der Waals surface area contributed by atoms with E-state index in [0.717, 1.165) is 17.9 Å². The molecule has 2 atom stereocenters. The molecule has 6 heteroatoms. The van der Waals surface area contributed by atoms with Crippen LogP contribution in [-0.2, 0) is 53.6 Å². The first-order chi connectivity index (χ1) is 13.3. The Balaban J connectivity index is 0.00000117. The van der Waals surface area contributed by atoms with Gasteiger partial charge in [-0.3, -0.25) is 4.79 Å². The fourth-order valence-corrected chi connectivity index (χ4v) is 2.87. The van der Waals surface area contributed by atoms with E-state index in [-0.39, 0.29) is 57.1 Å². The van der Waals surface area contributed by atoms with Crippen LogP contribution in [0, 0.1) is 18.3 Å². The molecule has 0 bridgehead atoms. The summed E-state index contributed by atoms with van der Waals surface area (Å²) in [5, 5.41) is 0. The average molecular weight is 477 g/mol. The van der Waals surface area contributed by atoms with Crippen LogP contribution in [0.4, 0.5) is 0 Å². The van der Waals surface area contributed by atoms with E-state index in [2.05, 4.69) is 27.2 Å². The van der Waals surface area contributed by atoms with Gasteiger partial charge in [0.15, 0.2) is 0 Å². The van der Waals surface area contributed by atoms with Crippen molar-refractivity contribution in [1.82, 2.24) is 4.90 Å². The van der Waals surface area contributed by atoms with E-state index < -0.39 is 12.1 Å². The smallest absolute Gasteiger partial charge is 0.329 e. The van der Waals surface area contributed by atoms with Gasteiger partial charge < -0.3 is 21.8 Å². The van der Waals surface area contributed by atoms with Crippen LogP contribution in [-0.4, -0.2) is 35.4 Å². The molecule has 161 valence electrons. The summed E-state index contributed by atoms with van der Waals surface area (Å²) in [6.45, 7) is 11.1. The van der Waals surface area contributed by atoms with E-state index in [1.54, 1.807) is 0 Å². The zero-order valence-electron chi connectivity index (χ0n) is 18.6. The Morgan fingerprint density at radius 1 is 1.21 bits per heavy atom. The molecule has 1 fully saturated rings. The van der Waals surface area contributed by atoms with E-state index in [1.807, 2.05) is 44.2 Å². The van der Waals surface area contributed by atoms with Gasteiger partial charge in [-0.1, -0.05) is 70.5 Å². The quantitative estimate of drug-likeness (QED) is 0.408. The SMILES string of the molecule is CC(C)C[C@H]([NH-])C(=O)N1CCC[C@H]1C(=O)OCc1ccccc1.C[CH-]C(C)C.[Y]. The third kappa shape index (κ3) is 10.7. The van der Waals surface area contributed by atoms with Gasteiger partial charge in [0.1, 0.15) is 12.6 Å². The first kappa shape index (κ1) is 28.2. The molecule has 29 heavy (non-hydrogen) atoms. The molecule has 1 radical (unpaired) electrons. The molecule has 1 heterocycles. The number of likely N-dealkylation sites (tertiary alicyclic amines) is 1. The molecule has 1 N–H and O–H groups in total. The van der Waals surface area contributed by atoms with Crippen LogP contribution >= 0.6 is 0 Å². The standard InChI is InChI=1S/C18H25N2O3.C5H11.Y/c1-13(2)11-15(19)17(21)20-10-6-9-16(20)18(22)23-12-14-7-4-3-5-8-14;1-4-5(2)3;/h3-5,7-8,13,15-16,19H,6,9-12H2,1-2H3;4-5H,1-3H3;/q2*-1;/t15-,16-;;/m0../s1. The minimum atomic E-state index is -0.794. The number of hydrogen-bond donors (Lipinski definition) is 0. The zero-order chi connectivity index (χ0) is 21.1. The molecular formula is C23H36N2O3Y-2. The summed E-state index contributed by atoms with van der Waals surface area (Å²) in [4.78, 5) is 26.2. The summed E-state index contributed by atoms with van der Waals surface area (Å²) >= 11 is 0. The Morgan fingerprint density at radius 2 is 1.79 bits per heavy atom. The summed E-state index contributed by atoms with van der Waals surface area (Å²) in [5.74, 6) is 0.428. The number of benzene rings is 1. The van der Waals surface area contributed by atoms with E-state index in [9.17, 15) is 9.59 Å². The summed E-state index contributed by atoms with van der Waals surface area (Å²) in [5.41, 5.74) is 8.92. The van der Waals surface area contributed by atoms with Gasteiger partial charge in [0.25, 0.3) is 0 Å². The van der Waals surface area contributed by atoms with Gasteiger partial charge in [-0.2, -0.15) is 12.8 Å². The second kappa shape index (κ2) is 15.1. The van der Waals surface area contributed by atoms with Crippen molar-refractivity contribution in [3.63, 3.8) is 0 Å². The van der Waals surface area contributed by atoms with Gasteiger partial charge in [-0.15, -0.1) is 0 Å². The van der Waals surface area contributed by atoms with E-state index in [0.29, 0.717) is 19.4 Å². The number of esters is 1. The van der Waals surface area contributed by atoms with Crippen molar-refractivity contribution in [3.05, 3.63) is 48.0 Å². The monoisotopic (exact) mass is 477 g/mol. The van der Waals surface area contributed by atoms with Crippen molar-refractivity contribution < 1.29 is 47.0 Å². The average Bonchev–Trinajstić information content (AvgIpc) is 3.16. The van der Waals surface area contributed by atoms with Crippen molar-refractivity contribution in [1.29, 1.82) is 0 Å². The number of rotatable bonds is 7. The largest absolute Gasteiger partial charge is 0.667 e.